The third kappa shape index (κ3) is 1.78. The summed E-state index contributed by atoms with van der Waals surface area (Å²) < 4.78 is 2.82. The zero-order valence-electron chi connectivity index (χ0n) is 8.75. The second-order valence-electron chi connectivity index (χ2n) is 3.62. The predicted molar refractivity (Wildman–Crippen MR) is 71.0 cm³/mol. The molecule has 3 rings (SSSR count). The van der Waals surface area contributed by atoms with Gasteiger partial charge in [0.05, 0.1) is 24.0 Å². The van der Waals surface area contributed by atoms with Crippen LogP contribution in [-0.2, 0) is 0 Å². The number of nitrogens with two attached hydrogens (primary N) is 1. The number of rotatable bonds is 2. The molecule has 6 heteroatoms. The van der Waals surface area contributed by atoms with Crippen LogP contribution in [0, 0.1) is 0 Å². The summed E-state index contributed by atoms with van der Waals surface area (Å²) in [5.74, 6) is 0. The molecule has 0 aliphatic carbocycles. The van der Waals surface area contributed by atoms with Gasteiger partial charge in [-0.1, -0.05) is 0 Å². The number of fused-ring (bicyclic) bond motifs is 1. The maximum absolute atomic E-state index is 6.27. The van der Waals surface area contributed by atoms with E-state index in [2.05, 4.69) is 26.0 Å². The zero-order chi connectivity index (χ0) is 11.8. The van der Waals surface area contributed by atoms with Crippen LogP contribution in [0.5, 0.6) is 0 Å². The van der Waals surface area contributed by atoms with E-state index in [1.165, 1.54) is 0 Å². The number of hydrogen-bond donors (Lipinski definition) is 1. The highest BCUT2D eigenvalue weighted by Gasteiger charge is 2.17. The third-order valence-corrected chi connectivity index (χ3v) is 4.57. The van der Waals surface area contributed by atoms with Crippen LogP contribution in [-0.4, -0.2) is 14.6 Å². The van der Waals surface area contributed by atoms with Crippen LogP contribution in [0.25, 0.3) is 5.52 Å². The van der Waals surface area contributed by atoms with Crippen molar-refractivity contribution in [2.75, 3.05) is 0 Å². The molecule has 2 N–H and O–H groups in total. The average Bonchev–Trinajstić information content (AvgIpc) is 2.94. The topological polar surface area (TPSA) is 56.2 Å². The van der Waals surface area contributed by atoms with Crippen LogP contribution in [0.3, 0.4) is 0 Å². The van der Waals surface area contributed by atoms with Crippen LogP contribution in [0.2, 0.25) is 0 Å². The van der Waals surface area contributed by atoms with E-state index in [0.717, 1.165) is 20.4 Å². The number of hydrogen-bond acceptors (Lipinski definition) is 4. The Morgan fingerprint density at radius 3 is 3.06 bits per heavy atom. The minimum absolute atomic E-state index is 0.175. The molecule has 0 fully saturated rings. The zero-order valence-corrected chi connectivity index (χ0v) is 11.1. The molecule has 3 heterocycles. The molecule has 0 aromatic carbocycles. The fourth-order valence-corrected chi connectivity index (χ4v) is 3.40. The highest BCUT2D eigenvalue weighted by molar-refractivity contribution is 9.10. The van der Waals surface area contributed by atoms with E-state index in [0.29, 0.717) is 0 Å². The van der Waals surface area contributed by atoms with E-state index >= 15 is 0 Å². The van der Waals surface area contributed by atoms with E-state index < -0.39 is 0 Å². The maximum Gasteiger partial charge on any atom is 0.0896 e. The number of halogens is 1. The van der Waals surface area contributed by atoms with Gasteiger partial charge in [-0.05, 0) is 27.4 Å². The van der Waals surface area contributed by atoms with Gasteiger partial charge < -0.3 is 5.73 Å². The molecule has 0 saturated heterocycles. The van der Waals surface area contributed by atoms with Crippen LogP contribution in [0.15, 0.2) is 40.7 Å². The van der Waals surface area contributed by atoms with Gasteiger partial charge in [0.25, 0.3) is 0 Å². The molecule has 3 aromatic rings. The Balaban J connectivity index is 2.13. The second kappa shape index (κ2) is 4.21. The lowest BCUT2D eigenvalue weighted by atomic mass is 10.1. The average molecular weight is 309 g/mol. The van der Waals surface area contributed by atoms with Crippen molar-refractivity contribution in [1.82, 2.24) is 14.6 Å². The van der Waals surface area contributed by atoms with E-state index in [1.54, 1.807) is 34.4 Å². The highest BCUT2D eigenvalue weighted by Crippen LogP contribution is 2.32. The molecule has 1 unspecified atom stereocenters. The van der Waals surface area contributed by atoms with Gasteiger partial charge in [0, 0.05) is 27.3 Å². The van der Waals surface area contributed by atoms with Gasteiger partial charge in [0.2, 0.25) is 0 Å². The molecule has 0 saturated carbocycles. The molecule has 0 aliphatic rings. The molecule has 86 valence electrons. The summed E-state index contributed by atoms with van der Waals surface area (Å²) in [5.41, 5.74) is 8.20. The molecule has 0 amide bonds. The molecule has 17 heavy (non-hydrogen) atoms. The quantitative estimate of drug-likeness (QED) is 0.791. The molecular weight excluding hydrogens is 300 g/mol. The van der Waals surface area contributed by atoms with Crippen molar-refractivity contribution in [3.8, 4) is 0 Å². The largest absolute Gasteiger partial charge is 0.319 e. The van der Waals surface area contributed by atoms with Crippen molar-refractivity contribution in [3.05, 3.63) is 51.1 Å². The molecule has 4 nitrogen and oxygen atoms in total. The van der Waals surface area contributed by atoms with Gasteiger partial charge in [-0.15, -0.1) is 11.3 Å². The van der Waals surface area contributed by atoms with E-state index in [4.69, 9.17) is 5.73 Å². The summed E-state index contributed by atoms with van der Waals surface area (Å²) >= 11 is 5.14. The Hall–Kier alpha value is -1.24. The van der Waals surface area contributed by atoms with Gasteiger partial charge in [-0.2, -0.15) is 5.10 Å². The summed E-state index contributed by atoms with van der Waals surface area (Å²) in [4.78, 5) is 5.21. The fourth-order valence-electron chi connectivity index (χ4n) is 1.76. The van der Waals surface area contributed by atoms with E-state index in [1.807, 2.05) is 17.6 Å². The Bertz CT molecular complexity index is 660. The summed E-state index contributed by atoms with van der Waals surface area (Å²) in [6, 6.07) is 1.83. The molecule has 0 bridgehead atoms. The Kier molecular flexibility index (Phi) is 2.70. The first-order chi connectivity index (χ1) is 8.27. The van der Waals surface area contributed by atoms with Crippen LogP contribution in [0.1, 0.15) is 16.5 Å². The van der Waals surface area contributed by atoms with Crippen molar-refractivity contribution >= 4 is 32.8 Å². The monoisotopic (exact) mass is 308 g/mol. The molecule has 3 aromatic heterocycles. The lowest BCUT2D eigenvalue weighted by Crippen LogP contribution is -2.10. The second-order valence-corrected chi connectivity index (χ2v) is 5.42. The molecule has 1 atom stereocenters. The van der Waals surface area contributed by atoms with Crippen LogP contribution >= 0.6 is 27.3 Å². The SMILES string of the molecule is NC(c1sccc1Br)c1cnn2ccncc12. The minimum Gasteiger partial charge on any atom is -0.319 e. The third-order valence-electron chi connectivity index (χ3n) is 2.62. The normalized spacial score (nSPS) is 13.1. The predicted octanol–water partition coefficient (Wildman–Crippen LogP) is 2.60. The van der Waals surface area contributed by atoms with Gasteiger partial charge in [-0.25, -0.2) is 4.52 Å². The Morgan fingerprint density at radius 2 is 2.29 bits per heavy atom. The van der Waals surface area contributed by atoms with Crippen molar-refractivity contribution in [3.63, 3.8) is 0 Å². The summed E-state index contributed by atoms with van der Waals surface area (Å²) in [6.07, 6.45) is 7.10. The van der Waals surface area contributed by atoms with Crippen LogP contribution < -0.4 is 5.73 Å². The number of nitrogens with zero attached hydrogens (tertiary/aromatic N) is 3. The van der Waals surface area contributed by atoms with Crippen molar-refractivity contribution in [1.29, 1.82) is 0 Å². The number of aromatic nitrogens is 3. The van der Waals surface area contributed by atoms with Gasteiger partial charge in [0.15, 0.2) is 0 Å². The number of thiophene rings is 1. The van der Waals surface area contributed by atoms with Crippen molar-refractivity contribution in [2.24, 2.45) is 5.73 Å². The molecule has 0 aliphatic heterocycles. The lowest BCUT2D eigenvalue weighted by molar-refractivity contribution is 0.897. The summed E-state index contributed by atoms with van der Waals surface area (Å²) in [5, 5.41) is 6.28. The van der Waals surface area contributed by atoms with Gasteiger partial charge in [-0.3, -0.25) is 4.98 Å². The van der Waals surface area contributed by atoms with Gasteiger partial charge in [0.1, 0.15) is 0 Å². The smallest absolute Gasteiger partial charge is 0.0896 e. The van der Waals surface area contributed by atoms with E-state index in [9.17, 15) is 0 Å². The first kappa shape index (κ1) is 10.9. The summed E-state index contributed by atoms with van der Waals surface area (Å²) in [7, 11) is 0. The summed E-state index contributed by atoms with van der Waals surface area (Å²) in [6.45, 7) is 0. The van der Waals surface area contributed by atoms with Crippen molar-refractivity contribution < 1.29 is 0 Å². The van der Waals surface area contributed by atoms with Crippen LogP contribution in [0.4, 0.5) is 0 Å². The molecule has 0 radical (unpaired) electrons. The first-order valence-electron chi connectivity index (χ1n) is 5.03. The maximum atomic E-state index is 6.27. The van der Waals surface area contributed by atoms with E-state index in [-0.39, 0.29) is 6.04 Å². The molecular formula is C11H9BrN4S. The minimum atomic E-state index is -0.175. The molecule has 0 spiro atoms. The Morgan fingerprint density at radius 1 is 1.41 bits per heavy atom. The fraction of sp³-hybridized carbons (Fsp3) is 0.0909. The Labute approximate surface area is 110 Å². The highest BCUT2D eigenvalue weighted by atomic mass is 79.9. The lowest BCUT2D eigenvalue weighted by Gasteiger charge is -2.08. The first-order valence-corrected chi connectivity index (χ1v) is 6.70. The van der Waals surface area contributed by atoms with Gasteiger partial charge >= 0.3 is 0 Å². The van der Waals surface area contributed by atoms with Crippen molar-refractivity contribution in [2.45, 2.75) is 6.04 Å². The standard InChI is InChI=1S/C11H9BrN4S/c12-8-1-4-17-11(8)10(13)7-5-15-16-3-2-14-6-9(7)16/h1-6,10H,13H2.